The van der Waals surface area contributed by atoms with Gasteiger partial charge in [-0.1, -0.05) is 18.5 Å². The Morgan fingerprint density at radius 2 is 2.11 bits per heavy atom. The van der Waals surface area contributed by atoms with Gasteiger partial charge in [-0.25, -0.2) is 4.39 Å². The number of thiophene rings is 1. The Hall–Kier alpha value is 0.0600. The van der Waals surface area contributed by atoms with E-state index >= 15 is 0 Å². The molecular formula is C13H11Br2ClFNS. The van der Waals surface area contributed by atoms with Gasteiger partial charge in [-0.05, 0) is 68.2 Å². The van der Waals surface area contributed by atoms with E-state index in [9.17, 15) is 4.39 Å². The maximum absolute atomic E-state index is 13.4. The lowest BCUT2D eigenvalue weighted by Crippen LogP contribution is -2.21. The van der Waals surface area contributed by atoms with Gasteiger partial charge in [-0.3, -0.25) is 0 Å². The molecular weight excluding hydrogens is 416 g/mol. The van der Waals surface area contributed by atoms with Crippen LogP contribution in [0.2, 0.25) is 5.02 Å². The molecule has 0 bridgehead atoms. The van der Waals surface area contributed by atoms with Crippen molar-refractivity contribution >= 4 is 54.8 Å². The van der Waals surface area contributed by atoms with Gasteiger partial charge in [-0.2, -0.15) is 0 Å². The van der Waals surface area contributed by atoms with Crippen LogP contribution in [0.1, 0.15) is 23.4 Å². The highest BCUT2D eigenvalue weighted by molar-refractivity contribution is 9.13. The minimum atomic E-state index is -0.281. The van der Waals surface area contributed by atoms with Gasteiger partial charge in [0.1, 0.15) is 5.82 Å². The number of hydrogen-bond donors (Lipinski definition) is 1. The Bertz CT molecular complexity index is 569. The minimum Gasteiger partial charge on any atom is -0.306 e. The molecule has 19 heavy (non-hydrogen) atoms. The molecule has 102 valence electrons. The highest BCUT2D eigenvalue weighted by atomic mass is 79.9. The molecule has 0 saturated carbocycles. The van der Waals surface area contributed by atoms with E-state index in [0.717, 1.165) is 25.2 Å². The van der Waals surface area contributed by atoms with Crippen molar-refractivity contribution in [3.63, 3.8) is 0 Å². The van der Waals surface area contributed by atoms with Crippen molar-refractivity contribution in [3.05, 3.63) is 53.8 Å². The zero-order valence-corrected chi connectivity index (χ0v) is 14.8. The van der Waals surface area contributed by atoms with Crippen molar-refractivity contribution < 1.29 is 4.39 Å². The summed E-state index contributed by atoms with van der Waals surface area (Å²) < 4.78 is 15.4. The molecule has 1 N–H and O–H groups in total. The van der Waals surface area contributed by atoms with Crippen LogP contribution in [0.15, 0.2) is 32.5 Å². The molecule has 2 aromatic rings. The average Bonchev–Trinajstić information content (AvgIpc) is 2.70. The van der Waals surface area contributed by atoms with Crippen LogP contribution in [0.4, 0.5) is 4.39 Å². The van der Waals surface area contributed by atoms with E-state index in [-0.39, 0.29) is 11.9 Å². The second kappa shape index (κ2) is 6.68. The predicted octanol–water partition coefficient (Wildman–Crippen LogP) is 5.76. The van der Waals surface area contributed by atoms with Crippen LogP contribution in [0.25, 0.3) is 0 Å². The maximum Gasteiger partial charge on any atom is 0.123 e. The first-order valence-electron chi connectivity index (χ1n) is 5.66. The third-order valence-corrected chi connectivity index (χ3v) is 6.29. The van der Waals surface area contributed by atoms with Gasteiger partial charge < -0.3 is 5.32 Å². The van der Waals surface area contributed by atoms with Crippen LogP contribution < -0.4 is 5.32 Å². The Kier molecular flexibility index (Phi) is 5.43. The highest BCUT2D eigenvalue weighted by Crippen LogP contribution is 2.39. The van der Waals surface area contributed by atoms with Crippen molar-refractivity contribution in [2.45, 2.75) is 13.0 Å². The van der Waals surface area contributed by atoms with Gasteiger partial charge in [0, 0.05) is 14.4 Å². The van der Waals surface area contributed by atoms with Gasteiger partial charge in [0.25, 0.3) is 0 Å². The first kappa shape index (κ1) is 15.4. The Morgan fingerprint density at radius 3 is 2.68 bits per heavy atom. The van der Waals surface area contributed by atoms with Crippen molar-refractivity contribution in [1.29, 1.82) is 0 Å². The lowest BCUT2D eigenvalue weighted by molar-refractivity contribution is 0.607. The van der Waals surface area contributed by atoms with E-state index in [2.05, 4.69) is 37.2 Å². The summed E-state index contributed by atoms with van der Waals surface area (Å²) in [5.41, 5.74) is 0.754. The van der Waals surface area contributed by atoms with E-state index in [4.69, 9.17) is 11.6 Å². The molecule has 1 aromatic carbocycles. The summed E-state index contributed by atoms with van der Waals surface area (Å²) in [5, 5.41) is 3.90. The molecule has 1 aromatic heterocycles. The normalized spacial score (nSPS) is 12.7. The van der Waals surface area contributed by atoms with Crippen LogP contribution in [-0.2, 0) is 0 Å². The van der Waals surface area contributed by atoms with Crippen molar-refractivity contribution in [1.82, 2.24) is 5.32 Å². The molecule has 1 unspecified atom stereocenters. The van der Waals surface area contributed by atoms with E-state index in [1.165, 1.54) is 12.1 Å². The standard InChI is InChI=1S/C13H11Br2ClFNS/c1-2-18-12(11-6-9(14)13(15)19-11)8-5-7(17)3-4-10(8)16/h3-6,12,18H,2H2,1H3. The molecule has 1 heterocycles. The second-order valence-electron chi connectivity index (χ2n) is 3.93. The molecule has 2 rings (SSSR count). The molecule has 1 nitrogen and oxygen atoms in total. The number of rotatable bonds is 4. The molecule has 6 heteroatoms. The lowest BCUT2D eigenvalue weighted by Gasteiger charge is -2.18. The van der Waals surface area contributed by atoms with Gasteiger partial charge in [0.05, 0.1) is 9.83 Å². The molecule has 0 spiro atoms. The summed E-state index contributed by atoms with van der Waals surface area (Å²) in [7, 11) is 0. The van der Waals surface area contributed by atoms with Crippen LogP contribution in [-0.4, -0.2) is 6.54 Å². The van der Waals surface area contributed by atoms with Crippen LogP contribution in [0.3, 0.4) is 0 Å². The van der Waals surface area contributed by atoms with E-state index in [0.29, 0.717) is 5.02 Å². The van der Waals surface area contributed by atoms with Gasteiger partial charge >= 0.3 is 0 Å². The lowest BCUT2D eigenvalue weighted by atomic mass is 10.1. The third-order valence-electron chi connectivity index (χ3n) is 2.63. The van der Waals surface area contributed by atoms with E-state index < -0.39 is 0 Å². The molecule has 0 aliphatic carbocycles. The SMILES string of the molecule is CCNC(c1cc(Br)c(Br)s1)c1cc(F)ccc1Cl. The molecule has 0 aliphatic heterocycles. The fourth-order valence-corrected chi connectivity index (χ4v) is 4.22. The predicted molar refractivity (Wildman–Crippen MR) is 86.6 cm³/mol. The summed E-state index contributed by atoms with van der Waals surface area (Å²) in [5.74, 6) is -0.281. The summed E-state index contributed by atoms with van der Waals surface area (Å²) in [6, 6.07) is 6.35. The number of hydrogen-bond acceptors (Lipinski definition) is 2. The van der Waals surface area contributed by atoms with Crippen molar-refractivity contribution in [2.75, 3.05) is 6.54 Å². The van der Waals surface area contributed by atoms with Gasteiger partial charge in [0.15, 0.2) is 0 Å². The zero-order valence-electron chi connectivity index (χ0n) is 10.0. The van der Waals surface area contributed by atoms with Gasteiger partial charge in [-0.15, -0.1) is 11.3 Å². The van der Waals surface area contributed by atoms with E-state index in [1.807, 2.05) is 13.0 Å². The number of benzene rings is 1. The number of halogens is 4. The highest BCUT2D eigenvalue weighted by Gasteiger charge is 2.20. The fourth-order valence-electron chi connectivity index (χ4n) is 1.81. The molecule has 1 atom stereocenters. The summed E-state index contributed by atoms with van der Waals surface area (Å²) >= 11 is 14.7. The zero-order chi connectivity index (χ0) is 14.0. The fraction of sp³-hybridized carbons (Fsp3) is 0.231. The van der Waals surface area contributed by atoms with Crippen molar-refractivity contribution in [3.8, 4) is 0 Å². The first-order chi connectivity index (χ1) is 9.02. The molecule has 0 amide bonds. The molecule has 0 aliphatic rings. The quantitative estimate of drug-likeness (QED) is 0.654. The van der Waals surface area contributed by atoms with Crippen LogP contribution in [0, 0.1) is 5.82 Å². The second-order valence-corrected chi connectivity index (χ2v) is 7.59. The van der Waals surface area contributed by atoms with Crippen LogP contribution in [0.5, 0.6) is 0 Å². The maximum atomic E-state index is 13.4. The Morgan fingerprint density at radius 1 is 1.37 bits per heavy atom. The Labute approximate surface area is 137 Å². The Balaban J connectivity index is 2.47. The first-order valence-corrected chi connectivity index (χ1v) is 8.44. The molecule has 0 saturated heterocycles. The largest absolute Gasteiger partial charge is 0.306 e. The third kappa shape index (κ3) is 3.58. The van der Waals surface area contributed by atoms with Crippen molar-refractivity contribution in [2.24, 2.45) is 0 Å². The number of nitrogens with one attached hydrogen (secondary N) is 1. The summed E-state index contributed by atoms with van der Waals surface area (Å²) in [6.45, 7) is 2.78. The smallest absolute Gasteiger partial charge is 0.123 e. The van der Waals surface area contributed by atoms with E-state index in [1.54, 1.807) is 17.4 Å². The van der Waals surface area contributed by atoms with Gasteiger partial charge in [0.2, 0.25) is 0 Å². The monoisotopic (exact) mass is 425 g/mol. The summed E-state index contributed by atoms with van der Waals surface area (Å²) in [4.78, 5) is 1.08. The summed E-state index contributed by atoms with van der Waals surface area (Å²) in [6.07, 6.45) is 0. The molecule has 0 radical (unpaired) electrons. The minimum absolute atomic E-state index is 0.110. The average molecular weight is 428 g/mol. The van der Waals surface area contributed by atoms with Crippen LogP contribution >= 0.6 is 54.8 Å². The topological polar surface area (TPSA) is 12.0 Å². The molecule has 0 fully saturated rings.